The van der Waals surface area contributed by atoms with E-state index in [1.807, 2.05) is 32.0 Å². The van der Waals surface area contributed by atoms with E-state index in [1.165, 1.54) is 11.1 Å². The summed E-state index contributed by atoms with van der Waals surface area (Å²) in [7, 11) is 0. The van der Waals surface area contributed by atoms with Crippen molar-refractivity contribution in [3.8, 4) is 11.6 Å². The van der Waals surface area contributed by atoms with Crippen molar-refractivity contribution in [1.82, 2.24) is 4.98 Å². The molecule has 142 valence electrons. The number of benzene rings is 1. The summed E-state index contributed by atoms with van der Waals surface area (Å²) in [5.41, 5.74) is 5.36. The van der Waals surface area contributed by atoms with Crippen molar-refractivity contribution in [1.29, 1.82) is 0 Å². The van der Waals surface area contributed by atoms with Gasteiger partial charge in [-0.1, -0.05) is 19.9 Å². The fourth-order valence-electron chi connectivity index (χ4n) is 3.56. The van der Waals surface area contributed by atoms with Gasteiger partial charge in [0.05, 0.1) is 0 Å². The summed E-state index contributed by atoms with van der Waals surface area (Å²) in [6, 6.07) is 7.56. The van der Waals surface area contributed by atoms with Crippen LogP contribution in [0.3, 0.4) is 0 Å². The van der Waals surface area contributed by atoms with Crippen LogP contribution < -0.4 is 10.4 Å². The van der Waals surface area contributed by atoms with Gasteiger partial charge in [-0.25, -0.2) is 9.78 Å². The normalized spacial score (nSPS) is 11.4. The van der Waals surface area contributed by atoms with Crippen molar-refractivity contribution >= 4 is 11.0 Å². The number of hydrogen-bond donors (Lipinski definition) is 0. The number of aromatic nitrogens is 1. The van der Waals surface area contributed by atoms with E-state index >= 15 is 0 Å². The van der Waals surface area contributed by atoms with Crippen LogP contribution in [-0.4, -0.2) is 4.98 Å². The Labute approximate surface area is 160 Å². The highest BCUT2D eigenvalue weighted by Gasteiger charge is 2.19. The summed E-state index contributed by atoms with van der Waals surface area (Å²) < 4.78 is 11.7. The second-order valence-corrected chi connectivity index (χ2v) is 7.21. The Morgan fingerprint density at radius 3 is 2.41 bits per heavy atom. The molecule has 4 nitrogen and oxygen atoms in total. The summed E-state index contributed by atoms with van der Waals surface area (Å²) in [6.45, 7) is 12.4. The van der Waals surface area contributed by atoms with Crippen LogP contribution in [0.5, 0.6) is 11.6 Å². The average molecular weight is 365 g/mol. The predicted octanol–water partition coefficient (Wildman–Crippen LogP) is 6.12. The van der Waals surface area contributed by atoms with E-state index in [9.17, 15) is 4.79 Å². The van der Waals surface area contributed by atoms with Gasteiger partial charge in [0.15, 0.2) is 0 Å². The van der Waals surface area contributed by atoms with Gasteiger partial charge in [-0.3, -0.25) is 0 Å². The molecule has 0 aliphatic heterocycles. The molecule has 3 aromatic rings. The van der Waals surface area contributed by atoms with Gasteiger partial charge in [-0.05, 0) is 80.8 Å². The van der Waals surface area contributed by atoms with Crippen molar-refractivity contribution in [2.45, 2.75) is 60.3 Å². The highest BCUT2D eigenvalue weighted by molar-refractivity contribution is 5.85. The van der Waals surface area contributed by atoms with Gasteiger partial charge in [-0.15, -0.1) is 0 Å². The van der Waals surface area contributed by atoms with Crippen LogP contribution in [0.4, 0.5) is 0 Å². The molecule has 0 saturated heterocycles. The fourth-order valence-corrected chi connectivity index (χ4v) is 3.56. The smallest absolute Gasteiger partial charge is 0.336 e. The maximum absolute atomic E-state index is 12.2. The number of ether oxygens (including phenoxy) is 1. The molecule has 27 heavy (non-hydrogen) atoms. The minimum Gasteiger partial charge on any atom is -0.436 e. The molecule has 0 radical (unpaired) electrons. The Hall–Kier alpha value is -2.62. The lowest BCUT2D eigenvalue weighted by Gasteiger charge is -2.17. The van der Waals surface area contributed by atoms with E-state index in [2.05, 4.69) is 32.7 Å². The average Bonchev–Trinajstić information content (AvgIpc) is 2.64. The van der Waals surface area contributed by atoms with E-state index in [1.54, 1.807) is 6.07 Å². The first-order chi connectivity index (χ1) is 12.8. The van der Waals surface area contributed by atoms with Gasteiger partial charge in [0.2, 0.25) is 5.58 Å². The quantitative estimate of drug-likeness (QED) is 0.547. The number of rotatable bonds is 5. The van der Waals surface area contributed by atoms with Crippen molar-refractivity contribution in [3.63, 3.8) is 0 Å². The molecular weight excluding hydrogens is 338 g/mol. The first-order valence-corrected chi connectivity index (χ1v) is 9.55. The monoisotopic (exact) mass is 365 g/mol. The molecule has 0 N–H and O–H groups in total. The minimum absolute atomic E-state index is 0.301. The largest absolute Gasteiger partial charge is 0.436 e. The predicted molar refractivity (Wildman–Crippen MR) is 109 cm³/mol. The molecule has 0 fully saturated rings. The molecule has 0 spiro atoms. The lowest BCUT2D eigenvalue weighted by Crippen LogP contribution is -2.07. The molecule has 1 aromatic carbocycles. The molecule has 0 bridgehead atoms. The summed E-state index contributed by atoms with van der Waals surface area (Å²) >= 11 is 0. The van der Waals surface area contributed by atoms with Crippen LogP contribution in [0.25, 0.3) is 11.0 Å². The Morgan fingerprint density at radius 2 is 1.74 bits per heavy atom. The highest BCUT2D eigenvalue weighted by atomic mass is 16.5. The Balaban J connectivity index is 2.22. The first-order valence-electron chi connectivity index (χ1n) is 9.55. The SMILES string of the molecule is CCC(CC)c1cc(=O)oc2c(Oc3ccc(C)c(C)c3C)nc(C)cc12. The molecule has 3 rings (SSSR count). The molecule has 0 saturated carbocycles. The zero-order valence-corrected chi connectivity index (χ0v) is 17.0. The topological polar surface area (TPSA) is 52.3 Å². The standard InChI is InChI=1S/C23H27NO3/c1-7-17(8-2)18-12-21(25)27-22-19(18)11-14(4)24-23(22)26-20-10-9-13(3)15(5)16(20)6/h9-12,17H,7-8H2,1-6H3. The lowest BCUT2D eigenvalue weighted by molar-refractivity contribution is 0.442. The Morgan fingerprint density at radius 1 is 1.04 bits per heavy atom. The Kier molecular flexibility index (Phi) is 5.36. The van der Waals surface area contributed by atoms with E-state index in [-0.39, 0.29) is 5.63 Å². The zero-order chi connectivity index (χ0) is 19.7. The fraction of sp³-hybridized carbons (Fsp3) is 0.391. The highest BCUT2D eigenvalue weighted by Crippen LogP contribution is 2.36. The minimum atomic E-state index is -0.364. The van der Waals surface area contributed by atoms with Gasteiger partial charge < -0.3 is 9.15 Å². The molecule has 0 aliphatic rings. The summed E-state index contributed by atoms with van der Waals surface area (Å²) in [4.78, 5) is 16.8. The second-order valence-electron chi connectivity index (χ2n) is 7.21. The van der Waals surface area contributed by atoms with Crippen molar-refractivity contribution in [2.24, 2.45) is 0 Å². The molecule has 2 aromatic heterocycles. The molecule has 0 amide bonds. The summed E-state index contributed by atoms with van der Waals surface area (Å²) in [6.07, 6.45) is 1.92. The molecule has 2 heterocycles. The Bertz CT molecular complexity index is 1050. The number of aryl methyl sites for hydroxylation is 2. The van der Waals surface area contributed by atoms with Crippen molar-refractivity contribution in [3.05, 3.63) is 62.6 Å². The summed E-state index contributed by atoms with van der Waals surface area (Å²) in [5.74, 6) is 1.38. The van der Waals surface area contributed by atoms with E-state index in [0.717, 1.165) is 40.8 Å². The number of hydrogen-bond acceptors (Lipinski definition) is 4. The second kappa shape index (κ2) is 7.55. The van der Waals surface area contributed by atoms with Crippen LogP contribution in [0.15, 0.2) is 33.5 Å². The van der Waals surface area contributed by atoms with Gasteiger partial charge in [0, 0.05) is 17.1 Å². The first kappa shape index (κ1) is 19.2. The van der Waals surface area contributed by atoms with Gasteiger partial charge in [0.1, 0.15) is 5.75 Å². The van der Waals surface area contributed by atoms with E-state index in [0.29, 0.717) is 17.4 Å². The number of nitrogens with zero attached hydrogens (tertiary/aromatic N) is 1. The zero-order valence-electron chi connectivity index (χ0n) is 17.0. The molecule has 0 aliphatic carbocycles. The van der Waals surface area contributed by atoms with Crippen LogP contribution in [-0.2, 0) is 0 Å². The van der Waals surface area contributed by atoms with Crippen molar-refractivity contribution in [2.75, 3.05) is 0 Å². The summed E-state index contributed by atoms with van der Waals surface area (Å²) in [5, 5.41) is 0.910. The maximum Gasteiger partial charge on any atom is 0.336 e. The van der Waals surface area contributed by atoms with Gasteiger partial charge >= 0.3 is 5.63 Å². The van der Waals surface area contributed by atoms with Gasteiger partial charge in [-0.2, -0.15) is 0 Å². The van der Waals surface area contributed by atoms with E-state index < -0.39 is 0 Å². The third kappa shape index (κ3) is 3.61. The van der Waals surface area contributed by atoms with Crippen LogP contribution in [0, 0.1) is 27.7 Å². The van der Waals surface area contributed by atoms with Crippen molar-refractivity contribution < 1.29 is 9.15 Å². The number of fused-ring (bicyclic) bond motifs is 1. The third-order valence-corrected chi connectivity index (χ3v) is 5.50. The number of pyridine rings is 1. The molecule has 0 unspecified atom stereocenters. The maximum atomic E-state index is 12.2. The third-order valence-electron chi connectivity index (χ3n) is 5.50. The van der Waals surface area contributed by atoms with Gasteiger partial charge in [0.25, 0.3) is 5.88 Å². The van der Waals surface area contributed by atoms with Crippen LogP contribution >= 0.6 is 0 Å². The van der Waals surface area contributed by atoms with Crippen LogP contribution in [0.1, 0.15) is 60.6 Å². The van der Waals surface area contributed by atoms with E-state index in [4.69, 9.17) is 9.15 Å². The molecular formula is C23H27NO3. The molecule has 0 atom stereocenters. The lowest BCUT2D eigenvalue weighted by atomic mass is 9.92. The van der Waals surface area contributed by atoms with Crippen LogP contribution in [0.2, 0.25) is 0 Å². The molecule has 4 heteroatoms.